The van der Waals surface area contributed by atoms with E-state index in [1.807, 2.05) is 20.8 Å². The number of ether oxygens (including phenoxy) is 9. The van der Waals surface area contributed by atoms with Crippen molar-refractivity contribution in [1.29, 1.82) is 0 Å². The van der Waals surface area contributed by atoms with E-state index in [-0.39, 0.29) is 111 Å². The number of para-hydroxylation sites is 2. The van der Waals surface area contributed by atoms with Crippen molar-refractivity contribution in [2.45, 2.75) is 31.1 Å². The monoisotopic (exact) mass is 951 g/mol. The molecule has 26 nitrogen and oxygen atoms in total. The third kappa shape index (κ3) is 18.1. The van der Waals surface area contributed by atoms with Gasteiger partial charge in [-0.05, 0) is 41.3 Å². The zero-order chi connectivity index (χ0) is 48.4. The fourth-order valence-corrected chi connectivity index (χ4v) is 6.14. The lowest BCUT2D eigenvalue weighted by Crippen LogP contribution is -2.36. The number of aromatic nitrogens is 4. The first-order chi connectivity index (χ1) is 31.6. The van der Waals surface area contributed by atoms with Crippen molar-refractivity contribution in [2.75, 3.05) is 91.3 Å². The molecule has 0 aliphatic rings. The van der Waals surface area contributed by atoms with Gasteiger partial charge in [0.2, 0.25) is 11.6 Å². The van der Waals surface area contributed by atoms with Crippen molar-refractivity contribution >= 4 is 28.5 Å². The highest BCUT2D eigenvalue weighted by atomic mass is 32.2. The van der Waals surface area contributed by atoms with Crippen LogP contribution >= 0.6 is 0 Å². The van der Waals surface area contributed by atoms with Gasteiger partial charge in [-0.15, -0.1) is 20.2 Å². The Kier molecular flexibility index (Phi) is 22.4. The van der Waals surface area contributed by atoms with Crippen LogP contribution in [0.1, 0.15) is 26.3 Å². The minimum atomic E-state index is -4.64. The molecule has 0 aliphatic heterocycles. The number of benzene rings is 2. The largest absolute Gasteiger partial charge is 0.510 e. The highest BCUT2D eigenvalue weighted by Gasteiger charge is 2.35. The third-order valence-electron chi connectivity index (χ3n) is 7.94. The summed E-state index contributed by atoms with van der Waals surface area (Å²) in [5, 5.41) is 18.0. The minimum absolute atomic E-state index is 0.00926. The summed E-state index contributed by atoms with van der Waals surface area (Å²) >= 11 is 0. The van der Waals surface area contributed by atoms with Gasteiger partial charge in [-0.2, -0.15) is 4.98 Å². The summed E-state index contributed by atoms with van der Waals surface area (Å²) in [6.45, 7) is 4.70. The number of carbonyl (C=O) groups excluding carboxylic acids is 2. The molecular formula is C39H49N7O19S. The average Bonchev–Trinajstić information content (AvgIpc) is 3.29. The number of hydrogen-bond acceptors (Lipinski definition) is 23. The fourth-order valence-electron chi connectivity index (χ4n) is 4.86. The van der Waals surface area contributed by atoms with E-state index in [4.69, 9.17) is 37.9 Å². The van der Waals surface area contributed by atoms with Crippen LogP contribution in [0.4, 0.5) is 10.6 Å². The molecule has 0 amide bonds. The van der Waals surface area contributed by atoms with Gasteiger partial charge in [0.15, 0.2) is 29.9 Å². The van der Waals surface area contributed by atoms with E-state index in [1.54, 1.807) is 42.5 Å². The van der Waals surface area contributed by atoms with Crippen molar-refractivity contribution in [2.24, 2.45) is 0 Å². The minimum Gasteiger partial charge on any atom is -0.493 e. The van der Waals surface area contributed by atoms with Gasteiger partial charge in [0, 0.05) is 19.5 Å². The van der Waals surface area contributed by atoms with Gasteiger partial charge >= 0.3 is 6.16 Å². The predicted molar refractivity (Wildman–Crippen MR) is 225 cm³/mol. The molecule has 0 N–H and O–H groups in total. The maximum Gasteiger partial charge on any atom is 0.510 e. The van der Waals surface area contributed by atoms with E-state index in [0.717, 1.165) is 5.56 Å². The number of carbonyl (C=O) groups is 2. The number of sulfonamides is 1. The molecule has 0 fully saturated rings. The Morgan fingerprint density at radius 1 is 0.742 bits per heavy atom. The molecule has 0 unspecified atom stereocenters. The lowest BCUT2D eigenvalue weighted by molar-refractivity contribution is -0.758. The highest BCUT2D eigenvalue weighted by Crippen LogP contribution is 2.43. The number of rotatable bonds is 28. The molecule has 2 aromatic carbocycles. The Balaban J connectivity index is 0.000000842. The van der Waals surface area contributed by atoms with E-state index in [0.29, 0.717) is 10.8 Å². The summed E-state index contributed by atoms with van der Waals surface area (Å²) < 4.78 is 77.4. The van der Waals surface area contributed by atoms with E-state index >= 15 is 0 Å². The van der Waals surface area contributed by atoms with E-state index < -0.39 is 38.9 Å². The summed E-state index contributed by atoms with van der Waals surface area (Å²) in [6.07, 6.45) is 1.62. The quantitative estimate of drug-likeness (QED) is 0.0194. The van der Waals surface area contributed by atoms with Crippen LogP contribution in [0.2, 0.25) is 0 Å². The number of anilines is 1. The van der Waals surface area contributed by atoms with E-state index in [1.165, 1.54) is 38.7 Å². The lowest BCUT2D eigenvalue weighted by Gasteiger charge is -2.26. The molecular weight excluding hydrogens is 903 g/mol. The van der Waals surface area contributed by atoms with Crippen LogP contribution in [0, 0.1) is 20.2 Å². The van der Waals surface area contributed by atoms with Crippen molar-refractivity contribution in [1.82, 2.24) is 19.9 Å². The SMILES string of the molecule is COCCOc1nc(-c2ncccn2)nc(N(COC(=O)OCCOCCO[N+](=O)[O-])S(=O)(=O)c2ccc(C(C)(C)C)cc2)c1Oc1ccccc1OC.O=COCCOCCO[N+](=O)[O-]. The highest BCUT2D eigenvalue weighted by molar-refractivity contribution is 7.92. The van der Waals surface area contributed by atoms with E-state index in [2.05, 4.69) is 34.3 Å². The zero-order valence-corrected chi connectivity index (χ0v) is 37.3. The van der Waals surface area contributed by atoms with Crippen LogP contribution in [-0.4, -0.2) is 138 Å². The molecule has 0 bridgehead atoms. The van der Waals surface area contributed by atoms with Crippen LogP contribution in [0.5, 0.6) is 23.1 Å². The Morgan fingerprint density at radius 3 is 1.92 bits per heavy atom. The third-order valence-corrected chi connectivity index (χ3v) is 9.67. The van der Waals surface area contributed by atoms with Crippen LogP contribution in [0.15, 0.2) is 71.9 Å². The summed E-state index contributed by atoms with van der Waals surface area (Å²) in [4.78, 5) is 67.6. The molecule has 4 aromatic rings. The molecule has 66 heavy (non-hydrogen) atoms. The molecule has 0 aliphatic carbocycles. The molecule has 360 valence electrons. The molecule has 2 aromatic heterocycles. The Labute approximate surface area is 378 Å². The average molecular weight is 952 g/mol. The topological polar surface area (TPSA) is 311 Å². The van der Waals surface area contributed by atoms with E-state index in [9.17, 15) is 38.2 Å². The molecule has 0 radical (unpaired) electrons. The normalized spacial score (nSPS) is 10.9. The Bertz CT molecular complexity index is 2240. The van der Waals surface area contributed by atoms with Crippen molar-refractivity contribution in [3.63, 3.8) is 0 Å². The summed E-state index contributed by atoms with van der Waals surface area (Å²) in [6, 6.07) is 14.3. The van der Waals surface area contributed by atoms with Gasteiger partial charge in [0.1, 0.15) is 33.0 Å². The zero-order valence-electron chi connectivity index (χ0n) is 36.5. The van der Waals surface area contributed by atoms with Gasteiger partial charge in [-0.1, -0.05) is 45.0 Å². The number of methoxy groups -OCH3 is 2. The van der Waals surface area contributed by atoms with Crippen LogP contribution < -0.4 is 18.5 Å². The van der Waals surface area contributed by atoms with Crippen LogP contribution in [0.3, 0.4) is 0 Å². The van der Waals surface area contributed by atoms with Crippen molar-refractivity contribution in [3.05, 3.63) is 92.8 Å². The summed E-state index contributed by atoms with van der Waals surface area (Å²) in [7, 11) is -1.75. The second-order valence-electron chi connectivity index (χ2n) is 13.5. The lowest BCUT2D eigenvalue weighted by atomic mass is 9.87. The second-order valence-corrected chi connectivity index (χ2v) is 15.3. The summed E-state index contributed by atoms with van der Waals surface area (Å²) in [5.74, 6) is -0.680. The summed E-state index contributed by atoms with van der Waals surface area (Å²) in [5.41, 5.74) is 0.568. The van der Waals surface area contributed by atoms with Crippen LogP contribution in [0.25, 0.3) is 11.6 Å². The molecule has 0 spiro atoms. The molecule has 27 heteroatoms. The number of hydrogen-bond donors (Lipinski definition) is 0. The van der Waals surface area contributed by atoms with Crippen molar-refractivity contribution < 1.29 is 80.5 Å². The van der Waals surface area contributed by atoms with Gasteiger partial charge in [-0.3, -0.25) is 4.79 Å². The Morgan fingerprint density at radius 2 is 1.35 bits per heavy atom. The fraction of sp³-hybridized carbons (Fsp3) is 0.436. The number of nitrogens with zero attached hydrogens (tertiary/aromatic N) is 7. The predicted octanol–water partition coefficient (Wildman–Crippen LogP) is 3.97. The van der Waals surface area contributed by atoms with Gasteiger partial charge in [0.05, 0.1) is 45.0 Å². The van der Waals surface area contributed by atoms with Crippen molar-refractivity contribution in [3.8, 4) is 34.8 Å². The standard InChI is InChI=1S/C34H40N6O13S.C5H9NO6/c1-34(2,3)24-11-13-25(14-12-24)54(44,45)39(23-51-33(41)50-21-18-48-19-22-52-40(42)43)31-28(53-27-10-7-6-9-26(27)47-5)32(49-20-17-46-4)38-30(37-31)29-35-15-8-16-36-29;7-5-11-2-1-10-3-4-12-6(8)9/h6-16H,17-23H2,1-5H3;5H,1-4H2. The van der Waals surface area contributed by atoms with Gasteiger partial charge < -0.3 is 52.3 Å². The smallest absolute Gasteiger partial charge is 0.493 e. The van der Waals surface area contributed by atoms with Gasteiger partial charge in [0.25, 0.3) is 32.5 Å². The van der Waals surface area contributed by atoms with Crippen LogP contribution in [-0.2, 0) is 58.3 Å². The maximum absolute atomic E-state index is 14.6. The first kappa shape index (κ1) is 53.1. The molecule has 2 heterocycles. The molecule has 4 rings (SSSR count). The molecule has 0 saturated carbocycles. The maximum atomic E-state index is 14.6. The molecule has 0 saturated heterocycles. The molecule has 0 atom stereocenters. The van der Waals surface area contributed by atoms with Gasteiger partial charge in [-0.25, -0.2) is 32.5 Å². The first-order valence-electron chi connectivity index (χ1n) is 19.4. The first-order valence-corrected chi connectivity index (χ1v) is 20.9. The Hall–Kier alpha value is -7.23. The second kappa shape index (κ2) is 27.8.